The van der Waals surface area contributed by atoms with Crippen LogP contribution < -0.4 is 0 Å². The first-order valence-electron chi connectivity index (χ1n) is 11.8. The zero-order chi connectivity index (χ0) is 21.5. The van der Waals surface area contributed by atoms with Gasteiger partial charge in [-0.3, -0.25) is 4.79 Å². The van der Waals surface area contributed by atoms with Gasteiger partial charge in [-0.05, 0) is 82.0 Å². The van der Waals surface area contributed by atoms with Crippen LogP contribution in [0.2, 0.25) is 0 Å². The van der Waals surface area contributed by atoms with E-state index in [1.807, 2.05) is 13.8 Å². The lowest BCUT2D eigenvalue weighted by molar-refractivity contribution is -0.214. The molecule has 1 saturated heterocycles. The summed E-state index contributed by atoms with van der Waals surface area (Å²) in [5.74, 6) is 0.506. The number of fused-ring (bicyclic) bond motifs is 7. The molecule has 3 saturated carbocycles. The van der Waals surface area contributed by atoms with E-state index in [9.17, 15) is 14.7 Å². The highest BCUT2D eigenvalue weighted by molar-refractivity contribution is 5.98. The van der Waals surface area contributed by atoms with Gasteiger partial charge in [0.25, 0.3) is 0 Å². The molecule has 8 atom stereocenters. The van der Waals surface area contributed by atoms with Crippen LogP contribution >= 0.6 is 0 Å². The van der Waals surface area contributed by atoms with Gasteiger partial charge in [0, 0.05) is 5.41 Å². The van der Waals surface area contributed by atoms with E-state index < -0.39 is 11.4 Å². The Morgan fingerprint density at radius 1 is 1.20 bits per heavy atom. The van der Waals surface area contributed by atoms with E-state index in [1.165, 1.54) is 5.57 Å². The van der Waals surface area contributed by atoms with Gasteiger partial charge in [-0.25, -0.2) is 0 Å². The Morgan fingerprint density at radius 3 is 2.70 bits per heavy atom. The minimum atomic E-state index is -1.01. The molecular weight excluding hydrogens is 380 g/mol. The summed E-state index contributed by atoms with van der Waals surface area (Å²) in [7, 11) is 0. The minimum Gasteiger partial charge on any atom is -0.393 e. The van der Waals surface area contributed by atoms with Gasteiger partial charge in [0.1, 0.15) is 6.29 Å². The maximum Gasteiger partial charge on any atom is 0.175 e. The standard InChI is InChI=1S/C25H36O5/c1-22(2)29-21-14-19-17-6-5-15-13-16(27)7-10-23(15,3)18(17)8-11-24(19,4)25(21,30-22)20(28)9-12-26/h5,12,16-19,21,27H,6-11,13-14H2,1-4H3/t16-,17+,18-,19-,21+,23-,24-,25+/m0/s1. The van der Waals surface area contributed by atoms with Crippen molar-refractivity contribution >= 4 is 12.1 Å². The van der Waals surface area contributed by atoms with Crippen molar-refractivity contribution in [2.45, 2.75) is 103 Å². The minimum absolute atomic E-state index is 0.101. The molecule has 1 heterocycles. The fourth-order valence-electron chi connectivity index (χ4n) is 8.47. The number of ether oxygens (including phenoxy) is 2. The van der Waals surface area contributed by atoms with Crippen molar-refractivity contribution in [1.29, 1.82) is 0 Å². The molecule has 0 aromatic carbocycles. The first kappa shape index (κ1) is 20.8. The molecule has 166 valence electrons. The van der Waals surface area contributed by atoms with Crippen molar-refractivity contribution in [3.63, 3.8) is 0 Å². The SMILES string of the molecule is CC1(C)O[C@@H]2C[C@H]3[C@@H]4CC=C5C[C@@H](O)CC[C@]5(C)[C@H]4CC[C@]3(C)[C@]2(C(=O)CC=O)O1. The normalized spacial score (nSPS) is 51.2. The number of carbonyl (C=O) groups is 2. The largest absolute Gasteiger partial charge is 0.393 e. The Morgan fingerprint density at radius 2 is 1.97 bits per heavy atom. The zero-order valence-corrected chi connectivity index (χ0v) is 18.8. The van der Waals surface area contributed by atoms with E-state index in [-0.39, 0.29) is 35.2 Å². The van der Waals surface area contributed by atoms with Gasteiger partial charge in [0.2, 0.25) is 0 Å². The molecule has 0 aromatic rings. The average molecular weight is 417 g/mol. The van der Waals surface area contributed by atoms with Crippen LogP contribution in [0.5, 0.6) is 0 Å². The molecule has 0 spiro atoms. The molecule has 0 bridgehead atoms. The first-order chi connectivity index (χ1) is 14.1. The second-order valence-electron chi connectivity index (χ2n) is 11.5. The third-order valence-corrected chi connectivity index (χ3v) is 9.75. The summed E-state index contributed by atoms with van der Waals surface area (Å²) in [6, 6.07) is 0. The molecule has 1 aliphatic heterocycles. The first-order valence-corrected chi connectivity index (χ1v) is 11.8. The van der Waals surface area contributed by atoms with Crippen molar-refractivity contribution in [1.82, 2.24) is 0 Å². The maximum atomic E-state index is 13.4. The summed E-state index contributed by atoms with van der Waals surface area (Å²) in [5, 5.41) is 10.2. The van der Waals surface area contributed by atoms with Crippen LogP contribution in [0, 0.1) is 28.6 Å². The van der Waals surface area contributed by atoms with Crippen LogP contribution in [-0.2, 0) is 19.1 Å². The number of hydrogen-bond donors (Lipinski definition) is 1. The summed E-state index contributed by atoms with van der Waals surface area (Å²) < 4.78 is 12.8. The molecule has 5 heteroatoms. The number of rotatable bonds is 3. The fourth-order valence-corrected chi connectivity index (χ4v) is 8.47. The summed E-state index contributed by atoms with van der Waals surface area (Å²) >= 11 is 0. The van der Waals surface area contributed by atoms with Gasteiger partial charge >= 0.3 is 0 Å². The Labute approximate surface area is 179 Å². The average Bonchev–Trinajstić information content (AvgIpc) is 3.08. The van der Waals surface area contributed by atoms with Crippen LogP contribution in [0.15, 0.2) is 11.6 Å². The summed E-state index contributed by atoms with van der Waals surface area (Å²) in [4.78, 5) is 24.7. The Hall–Kier alpha value is -1.04. The van der Waals surface area contributed by atoms with Crippen LogP contribution in [0.4, 0.5) is 0 Å². The van der Waals surface area contributed by atoms with Gasteiger partial charge in [-0.15, -0.1) is 0 Å². The smallest absolute Gasteiger partial charge is 0.175 e. The Kier molecular flexibility index (Phi) is 4.51. The van der Waals surface area contributed by atoms with E-state index in [0.717, 1.165) is 51.2 Å². The van der Waals surface area contributed by atoms with Crippen LogP contribution in [0.3, 0.4) is 0 Å². The van der Waals surface area contributed by atoms with Gasteiger partial charge < -0.3 is 19.4 Å². The van der Waals surface area contributed by atoms with E-state index in [4.69, 9.17) is 9.47 Å². The number of aliphatic hydroxyl groups is 1. The number of allylic oxidation sites excluding steroid dienone is 1. The molecular formula is C25H36O5. The van der Waals surface area contributed by atoms with Crippen LogP contribution in [0.1, 0.15) is 79.1 Å². The summed E-state index contributed by atoms with van der Waals surface area (Å²) in [6.45, 7) is 8.40. The highest BCUT2D eigenvalue weighted by atomic mass is 16.8. The quantitative estimate of drug-likeness (QED) is 0.428. The number of aliphatic hydroxyl groups excluding tert-OH is 1. The maximum absolute atomic E-state index is 13.4. The lowest BCUT2D eigenvalue weighted by Crippen LogP contribution is -2.60. The molecule has 0 aromatic heterocycles. The van der Waals surface area contributed by atoms with Crippen molar-refractivity contribution < 1.29 is 24.2 Å². The zero-order valence-electron chi connectivity index (χ0n) is 18.8. The monoisotopic (exact) mass is 416 g/mol. The third-order valence-electron chi connectivity index (χ3n) is 9.75. The van der Waals surface area contributed by atoms with Crippen molar-refractivity contribution in [2.24, 2.45) is 28.6 Å². The predicted molar refractivity (Wildman–Crippen MR) is 112 cm³/mol. The van der Waals surface area contributed by atoms with Gasteiger partial charge in [-0.2, -0.15) is 0 Å². The molecule has 4 aliphatic carbocycles. The van der Waals surface area contributed by atoms with Crippen molar-refractivity contribution in [3.8, 4) is 0 Å². The molecule has 5 nitrogen and oxygen atoms in total. The Balaban J connectivity index is 1.54. The Bertz CT molecular complexity index is 801. The lowest BCUT2D eigenvalue weighted by Gasteiger charge is -2.59. The van der Waals surface area contributed by atoms with E-state index in [1.54, 1.807) is 0 Å². The predicted octanol–water partition coefficient (Wildman–Crippen LogP) is 3.97. The second kappa shape index (κ2) is 6.49. The van der Waals surface area contributed by atoms with Crippen molar-refractivity contribution in [3.05, 3.63) is 11.6 Å². The van der Waals surface area contributed by atoms with E-state index in [2.05, 4.69) is 19.9 Å². The molecule has 1 N–H and O–H groups in total. The highest BCUT2D eigenvalue weighted by Gasteiger charge is 2.75. The molecule has 5 rings (SSSR count). The number of aldehydes is 1. The van der Waals surface area contributed by atoms with E-state index >= 15 is 0 Å². The highest BCUT2D eigenvalue weighted by Crippen LogP contribution is 2.70. The molecule has 0 radical (unpaired) electrons. The molecule has 0 unspecified atom stereocenters. The summed E-state index contributed by atoms with van der Waals surface area (Å²) in [5.41, 5.74) is 0.274. The van der Waals surface area contributed by atoms with Crippen LogP contribution in [0.25, 0.3) is 0 Å². The molecule has 4 fully saturated rings. The van der Waals surface area contributed by atoms with Crippen LogP contribution in [-0.4, -0.2) is 40.8 Å². The second-order valence-corrected chi connectivity index (χ2v) is 11.5. The molecule has 30 heavy (non-hydrogen) atoms. The van der Waals surface area contributed by atoms with E-state index in [0.29, 0.717) is 17.8 Å². The molecule has 5 aliphatic rings. The fraction of sp³-hybridized carbons (Fsp3) is 0.840. The summed E-state index contributed by atoms with van der Waals surface area (Å²) in [6.07, 6.45) is 9.09. The van der Waals surface area contributed by atoms with Crippen molar-refractivity contribution in [2.75, 3.05) is 0 Å². The lowest BCUT2D eigenvalue weighted by atomic mass is 9.46. The number of carbonyl (C=O) groups excluding carboxylic acids is 2. The third kappa shape index (κ3) is 2.52. The number of Topliss-reactive ketones (excluding diaryl/α,β-unsaturated/α-hetero) is 1. The molecule has 0 amide bonds. The van der Waals surface area contributed by atoms with Gasteiger partial charge in [0.05, 0.1) is 18.6 Å². The number of ketones is 1. The number of hydrogen-bond acceptors (Lipinski definition) is 5. The van der Waals surface area contributed by atoms with Gasteiger partial charge in [0.15, 0.2) is 17.2 Å². The topological polar surface area (TPSA) is 72.8 Å². The van der Waals surface area contributed by atoms with Gasteiger partial charge in [-0.1, -0.05) is 25.5 Å².